The molecule has 0 aliphatic rings. The fourth-order valence-corrected chi connectivity index (χ4v) is 4.84. The van der Waals surface area contributed by atoms with Crippen LogP contribution < -0.4 is 5.32 Å². The minimum atomic E-state index is -3.73. The van der Waals surface area contributed by atoms with E-state index < -0.39 is 15.9 Å². The summed E-state index contributed by atoms with van der Waals surface area (Å²) >= 11 is 1.24. The quantitative estimate of drug-likeness (QED) is 0.478. The fourth-order valence-electron chi connectivity index (χ4n) is 2.74. The molecule has 3 aromatic rings. The highest BCUT2D eigenvalue weighted by molar-refractivity contribution is 7.89. The molecule has 31 heavy (non-hydrogen) atoms. The summed E-state index contributed by atoms with van der Waals surface area (Å²) in [5.41, 5.74) is 1.64. The van der Waals surface area contributed by atoms with Crippen molar-refractivity contribution in [3.8, 4) is 11.3 Å². The molecule has 0 unspecified atom stereocenters. The monoisotopic (exact) mass is 457 g/mol. The lowest BCUT2D eigenvalue weighted by molar-refractivity contribution is 0.102. The normalized spacial score (nSPS) is 11.3. The molecule has 0 radical (unpaired) electrons. The molecule has 0 fully saturated rings. The summed E-state index contributed by atoms with van der Waals surface area (Å²) in [6.07, 6.45) is 2.99. The Bertz CT molecular complexity index is 1180. The van der Waals surface area contributed by atoms with Crippen molar-refractivity contribution in [2.75, 3.05) is 18.4 Å². The predicted octanol–water partition coefficient (Wildman–Crippen LogP) is 4.56. The zero-order chi connectivity index (χ0) is 22.4. The van der Waals surface area contributed by atoms with Gasteiger partial charge in [-0.2, -0.15) is 4.31 Å². The summed E-state index contributed by atoms with van der Waals surface area (Å²) in [5.74, 6) is -0.756. The van der Waals surface area contributed by atoms with E-state index in [1.165, 1.54) is 64.2 Å². The Balaban J connectivity index is 1.73. The molecule has 1 N–H and O–H groups in total. The molecule has 0 spiro atoms. The molecule has 6 nitrogen and oxygen atoms in total. The highest BCUT2D eigenvalue weighted by Crippen LogP contribution is 2.25. The van der Waals surface area contributed by atoms with Gasteiger partial charge in [0.15, 0.2) is 5.13 Å². The zero-order valence-electron chi connectivity index (χ0n) is 16.5. The topological polar surface area (TPSA) is 79.4 Å². The molecule has 9 heteroatoms. The van der Waals surface area contributed by atoms with Gasteiger partial charge in [0, 0.05) is 29.6 Å². The molecule has 1 aromatic heterocycles. The Kier molecular flexibility index (Phi) is 7.11. The number of thiazole rings is 1. The number of rotatable bonds is 9. The highest BCUT2D eigenvalue weighted by Gasteiger charge is 2.22. The predicted molar refractivity (Wildman–Crippen MR) is 121 cm³/mol. The molecule has 160 valence electrons. The van der Waals surface area contributed by atoms with Crippen LogP contribution >= 0.6 is 11.3 Å². The van der Waals surface area contributed by atoms with Crippen LogP contribution in [0.5, 0.6) is 0 Å². The first-order valence-corrected chi connectivity index (χ1v) is 11.5. The van der Waals surface area contributed by atoms with Gasteiger partial charge in [-0.1, -0.05) is 12.2 Å². The van der Waals surface area contributed by atoms with E-state index in [1.54, 1.807) is 17.5 Å². The number of hydrogen-bond acceptors (Lipinski definition) is 5. The van der Waals surface area contributed by atoms with E-state index in [1.807, 2.05) is 0 Å². The second kappa shape index (κ2) is 9.78. The number of carbonyl (C=O) groups excluding carboxylic acids is 1. The molecule has 0 saturated heterocycles. The van der Waals surface area contributed by atoms with E-state index >= 15 is 0 Å². The van der Waals surface area contributed by atoms with Crippen LogP contribution in [-0.4, -0.2) is 36.7 Å². The maximum Gasteiger partial charge on any atom is 0.257 e. The van der Waals surface area contributed by atoms with Gasteiger partial charge in [0.2, 0.25) is 10.0 Å². The van der Waals surface area contributed by atoms with E-state index in [0.29, 0.717) is 10.8 Å². The maximum atomic E-state index is 13.1. The van der Waals surface area contributed by atoms with Gasteiger partial charge in [-0.3, -0.25) is 10.1 Å². The SMILES string of the molecule is C=CCN(CC=C)S(=O)(=O)c1ccc(C(=O)Nc2nc(-c3ccc(F)cc3)cs2)cc1. The molecule has 1 amide bonds. The fraction of sp³-hybridized carbons (Fsp3) is 0.0909. The lowest BCUT2D eigenvalue weighted by Crippen LogP contribution is -2.31. The number of nitrogens with one attached hydrogen (secondary N) is 1. The third kappa shape index (κ3) is 5.32. The van der Waals surface area contributed by atoms with Crippen LogP contribution in [0.25, 0.3) is 11.3 Å². The summed E-state index contributed by atoms with van der Waals surface area (Å²) < 4.78 is 39.8. The lowest BCUT2D eigenvalue weighted by Gasteiger charge is -2.19. The molecular formula is C22H20FN3O3S2. The number of hydrogen-bond donors (Lipinski definition) is 1. The molecule has 0 bridgehead atoms. The van der Waals surface area contributed by atoms with Gasteiger partial charge in [-0.15, -0.1) is 24.5 Å². The summed E-state index contributed by atoms with van der Waals surface area (Å²) in [5, 5.41) is 4.82. The summed E-state index contributed by atoms with van der Waals surface area (Å²) in [6.45, 7) is 7.45. The number of carbonyl (C=O) groups is 1. The third-order valence-corrected chi connectivity index (χ3v) is 6.89. The molecule has 3 rings (SSSR count). The Labute approximate surface area is 184 Å². The number of sulfonamides is 1. The van der Waals surface area contributed by atoms with Gasteiger partial charge >= 0.3 is 0 Å². The Morgan fingerprint density at radius 3 is 2.26 bits per heavy atom. The lowest BCUT2D eigenvalue weighted by atomic mass is 10.2. The van der Waals surface area contributed by atoms with Gasteiger partial charge in [-0.05, 0) is 48.5 Å². The maximum absolute atomic E-state index is 13.1. The van der Waals surface area contributed by atoms with Crippen molar-refractivity contribution in [1.82, 2.24) is 9.29 Å². The largest absolute Gasteiger partial charge is 0.298 e. The van der Waals surface area contributed by atoms with Crippen molar-refractivity contribution in [3.63, 3.8) is 0 Å². The molecule has 0 aliphatic carbocycles. The first kappa shape index (κ1) is 22.5. The zero-order valence-corrected chi connectivity index (χ0v) is 18.1. The van der Waals surface area contributed by atoms with Crippen molar-refractivity contribution >= 4 is 32.4 Å². The average Bonchev–Trinajstić information content (AvgIpc) is 3.22. The minimum Gasteiger partial charge on any atom is -0.298 e. The van der Waals surface area contributed by atoms with Crippen LogP contribution in [0.15, 0.2) is 84.1 Å². The van der Waals surface area contributed by atoms with Crippen molar-refractivity contribution in [2.45, 2.75) is 4.90 Å². The van der Waals surface area contributed by atoms with Crippen LogP contribution in [0.4, 0.5) is 9.52 Å². The first-order chi connectivity index (χ1) is 14.8. The molecule has 0 saturated carbocycles. The van der Waals surface area contributed by atoms with Gasteiger partial charge < -0.3 is 0 Å². The van der Waals surface area contributed by atoms with Crippen LogP contribution in [0.2, 0.25) is 0 Å². The van der Waals surface area contributed by atoms with Crippen molar-refractivity contribution in [3.05, 3.63) is 90.6 Å². The van der Waals surface area contributed by atoms with Crippen LogP contribution in [0, 0.1) is 5.82 Å². The second-order valence-electron chi connectivity index (χ2n) is 6.42. The molecule has 0 aliphatic heterocycles. The molecule has 2 aromatic carbocycles. The van der Waals surface area contributed by atoms with Crippen molar-refractivity contribution in [2.24, 2.45) is 0 Å². The van der Waals surface area contributed by atoms with E-state index in [-0.39, 0.29) is 29.4 Å². The van der Waals surface area contributed by atoms with Crippen LogP contribution in [-0.2, 0) is 10.0 Å². The molecule has 0 atom stereocenters. The van der Waals surface area contributed by atoms with Crippen LogP contribution in [0.3, 0.4) is 0 Å². The van der Waals surface area contributed by atoms with E-state index in [9.17, 15) is 17.6 Å². The number of aromatic nitrogens is 1. The smallest absolute Gasteiger partial charge is 0.257 e. The summed E-state index contributed by atoms with van der Waals surface area (Å²) in [6, 6.07) is 11.5. The van der Waals surface area contributed by atoms with E-state index in [0.717, 1.165) is 5.56 Å². The van der Waals surface area contributed by atoms with E-state index in [4.69, 9.17) is 0 Å². The minimum absolute atomic E-state index is 0.0700. The summed E-state index contributed by atoms with van der Waals surface area (Å²) in [7, 11) is -3.73. The van der Waals surface area contributed by atoms with Gasteiger partial charge in [0.25, 0.3) is 5.91 Å². The highest BCUT2D eigenvalue weighted by atomic mass is 32.2. The Morgan fingerprint density at radius 1 is 1.06 bits per heavy atom. The van der Waals surface area contributed by atoms with Crippen molar-refractivity contribution in [1.29, 1.82) is 0 Å². The number of nitrogens with zero attached hydrogens (tertiary/aromatic N) is 2. The van der Waals surface area contributed by atoms with Gasteiger partial charge in [0.05, 0.1) is 10.6 Å². The Hall–Kier alpha value is -3.14. The standard InChI is InChI=1S/C22H20FN3O3S2/c1-3-13-26(14-4-2)31(28,29)19-11-7-17(8-12-19)21(27)25-22-24-20(15-30-22)16-5-9-18(23)10-6-16/h3-12,15H,1-2,13-14H2,(H,24,25,27). The number of anilines is 1. The number of benzene rings is 2. The average molecular weight is 458 g/mol. The Morgan fingerprint density at radius 2 is 1.68 bits per heavy atom. The first-order valence-electron chi connectivity index (χ1n) is 9.20. The third-order valence-electron chi connectivity index (χ3n) is 4.28. The summed E-state index contributed by atoms with van der Waals surface area (Å²) in [4.78, 5) is 16.9. The van der Waals surface area contributed by atoms with Crippen LogP contribution in [0.1, 0.15) is 10.4 Å². The van der Waals surface area contributed by atoms with E-state index in [2.05, 4.69) is 23.5 Å². The van der Waals surface area contributed by atoms with Crippen molar-refractivity contribution < 1.29 is 17.6 Å². The van der Waals surface area contributed by atoms with Gasteiger partial charge in [-0.25, -0.2) is 17.8 Å². The molecule has 1 heterocycles. The molecular weight excluding hydrogens is 437 g/mol. The number of halogens is 1. The number of amides is 1. The van der Waals surface area contributed by atoms with Gasteiger partial charge in [0.1, 0.15) is 5.82 Å². The second-order valence-corrected chi connectivity index (χ2v) is 9.22.